The van der Waals surface area contributed by atoms with E-state index in [9.17, 15) is 0 Å². The summed E-state index contributed by atoms with van der Waals surface area (Å²) in [7, 11) is 0. The number of aromatic nitrogens is 6. The molecule has 0 aliphatic carbocycles. The van der Waals surface area contributed by atoms with Crippen molar-refractivity contribution in [3.63, 3.8) is 0 Å². The summed E-state index contributed by atoms with van der Waals surface area (Å²) in [4.78, 5) is 23.0. The standard InChI is InChI=1S/C41H26N6/c1-2-10-32-31(9-1)33(29-14-17-39(46-25-29)37-12-4-6-21-44-37)23-35-34-22-27(28-13-16-38(45-24-28)36-11-3-5-20-43-36)15-18-40(34)47(41(32)35)30-8-7-19-42-26-30/h1-26H. The minimum absolute atomic E-state index is 0.847. The van der Waals surface area contributed by atoms with Crippen LogP contribution in [0.1, 0.15) is 0 Å². The van der Waals surface area contributed by atoms with E-state index in [1.54, 1.807) is 12.4 Å². The smallest absolute Gasteiger partial charge is 0.0886 e. The van der Waals surface area contributed by atoms with Gasteiger partial charge in [-0.25, -0.2) is 0 Å². The molecular weight excluding hydrogens is 576 g/mol. The van der Waals surface area contributed by atoms with Gasteiger partial charge in [-0.15, -0.1) is 0 Å². The van der Waals surface area contributed by atoms with E-state index >= 15 is 0 Å². The Bertz CT molecular complexity index is 2530. The molecule has 0 unspecified atom stereocenters. The van der Waals surface area contributed by atoms with Crippen molar-refractivity contribution in [2.75, 3.05) is 0 Å². The summed E-state index contributed by atoms with van der Waals surface area (Å²) < 4.78 is 2.33. The van der Waals surface area contributed by atoms with E-state index in [2.05, 4.69) is 92.3 Å². The van der Waals surface area contributed by atoms with Gasteiger partial charge in [0.15, 0.2) is 0 Å². The molecule has 3 aromatic carbocycles. The second-order valence-electron chi connectivity index (χ2n) is 11.4. The van der Waals surface area contributed by atoms with Crippen LogP contribution in [0, 0.1) is 0 Å². The van der Waals surface area contributed by atoms with Crippen LogP contribution < -0.4 is 0 Å². The Hall–Kier alpha value is -6.53. The predicted molar refractivity (Wildman–Crippen MR) is 189 cm³/mol. The molecule has 220 valence electrons. The molecule has 0 aliphatic heterocycles. The second kappa shape index (κ2) is 11.1. The first-order valence-corrected chi connectivity index (χ1v) is 15.5. The number of fused-ring (bicyclic) bond motifs is 5. The Morgan fingerprint density at radius 1 is 0.404 bits per heavy atom. The summed E-state index contributed by atoms with van der Waals surface area (Å²) in [5, 5.41) is 4.64. The monoisotopic (exact) mass is 602 g/mol. The molecule has 0 saturated heterocycles. The molecule has 0 fully saturated rings. The fourth-order valence-electron chi connectivity index (χ4n) is 6.50. The first-order chi connectivity index (χ1) is 23.3. The number of benzene rings is 3. The largest absolute Gasteiger partial charge is 0.307 e. The topological polar surface area (TPSA) is 69.4 Å². The zero-order valence-corrected chi connectivity index (χ0v) is 25.2. The molecule has 6 heterocycles. The second-order valence-corrected chi connectivity index (χ2v) is 11.4. The molecular formula is C41H26N6. The van der Waals surface area contributed by atoms with Gasteiger partial charge in [-0.1, -0.05) is 54.6 Å². The molecule has 0 aliphatic rings. The average molecular weight is 603 g/mol. The van der Waals surface area contributed by atoms with Crippen LogP contribution in [0.2, 0.25) is 0 Å². The summed E-state index contributed by atoms with van der Waals surface area (Å²) in [6.45, 7) is 0. The maximum Gasteiger partial charge on any atom is 0.0886 e. The third kappa shape index (κ3) is 4.62. The van der Waals surface area contributed by atoms with Crippen LogP contribution in [0.5, 0.6) is 0 Å². The first kappa shape index (κ1) is 26.8. The highest BCUT2D eigenvalue weighted by Crippen LogP contribution is 2.42. The molecule has 6 aromatic heterocycles. The summed E-state index contributed by atoms with van der Waals surface area (Å²) >= 11 is 0. The highest BCUT2D eigenvalue weighted by atomic mass is 15.0. The molecule has 6 heteroatoms. The lowest BCUT2D eigenvalue weighted by molar-refractivity contribution is 1.14. The summed E-state index contributed by atoms with van der Waals surface area (Å²) in [5.41, 5.74) is 11.0. The molecule has 0 saturated carbocycles. The van der Waals surface area contributed by atoms with Crippen LogP contribution in [0.3, 0.4) is 0 Å². The van der Waals surface area contributed by atoms with Crippen molar-refractivity contribution in [1.82, 2.24) is 29.5 Å². The number of hydrogen-bond donors (Lipinski definition) is 0. The maximum absolute atomic E-state index is 4.82. The van der Waals surface area contributed by atoms with Crippen molar-refractivity contribution in [3.05, 3.63) is 159 Å². The lowest BCUT2D eigenvalue weighted by atomic mass is 9.95. The molecule has 0 radical (unpaired) electrons. The van der Waals surface area contributed by atoms with Gasteiger partial charge in [0, 0.05) is 58.3 Å². The van der Waals surface area contributed by atoms with Crippen molar-refractivity contribution in [2.24, 2.45) is 0 Å². The van der Waals surface area contributed by atoms with Gasteiger partial charge in [0.05, 0.1) is 45.7 Å². The van der Waals surface area contributed by atoms with Crippen LogP contribution in [0.25, 0.3) is 83.3 Å². The summed E-state index contributed by atoms with van der Waals surface area (Å²) in [5.74, 6) is 0. The predicted octanol–water partition coefficient (Wildman–Crippen LogP) is 9.58. The van der Waals surface area contributed by atoms with Crippen molar-refractivity contribution < 1.29 is 0 Å². The SMILES string of the molecule is c1ccc(-c2ccc(-c3ccc4c(c3)c3cc(-c5ccc(-c6ccccn6)nc5)c5ccccc5c3n4-c3cccnc3)cn2)nc1. The van der Waals surface area contributed by atoms with Crippen molar-refractivity contribution in [2.45, 2.75) is 0 Å². The Morgan fingerprint density at radius 3 is 1.70 bits per heavy atom. The van der Waals surface area contributed by atoms with Crippen LogP contribution >= 0.6 is 0 Å². The summed E-state index contributed by atoms with van der Waals surface area (Å²) in [6.07, 6.45) is 11.2. The van der Waals surface area contributed by atoms with Crippen LogP contribution in [0.15, 0.2) is 159 Å². The van der Waals surface area contributed by atoms with Crippen LogP contribution in [0.4, 0.5) is 0 Å². The van der Waals surface area contributed by atoms with Gasteiger partial charge in [-0.3, -0.25) is 24.9 Å². The van der Waals surface area contributed by atoms with Gasteiger partial charge in [0.2, 0.25) is 0 Å². The maximum atomic E-state index is 4.82. The lowest BCUT2D eigenvalue weighted by Gasteiger charge is -2.12. The van der Waals surface area contributed by atoms with E-state index < -0.39 is 0 Å². The van der Waals surface area contributed by atoms with Gasteiger partial charge >= 0.3 is 0 Å². The number of nitrogens with zero attached hydrogens (tertiary/aromatic N) is 6. The normalized spacial score (nSPS) is 11.4. The minimum Gasteiger partial charge on any atom is -0.307 e. The fourth-order valence-corrected chi connectivity index (χ4v) is 6.50. The number of rotatable bonds is 5. The molecule has 0 spiro atoms. The van der Waals surface area contributed by atoms with Gasteiger partial charge in [0.1, 0.15) is 0 Å². The fraction of sp³-hybridized carbons (Fsp3) is 0. The van der Waals surface area contributed by atoms with E-state index in [1.165, 1.54) is 0 Å². The Labute approximate surface area is 270 Å². The van der Waals surface area contributed by atoms with E-state index in [0.717, 1.165) is 83.3 Å². The Morgan fingerprint density at radius 2 is 1.06 bits per heavy atom. The molecule has 0 N–H and O–H groups in total. The van der Waals surface area contributed by atoms with Crippen molar-refractivity contribution in [1.29, 1.82) is 0 Å². The van der Waals surface area contributed by atoms with E-state index in [4.69, 9.17) is 9.97 Å². The first-order valence-electron chi connectivity index (χ1n) is 15.5. The Balaban J connectivity index is 1.27. The molecule has 0 atom stereocenters. The third-order valence-electron chi connectivity index (χ3n) is 8.70. The third-order valence-corrected chi connectivity index (χ3v) is 8.70. The highest BCUT2D eigenvalue weighted by Gasteiger charge is 2.19. The highest BCUT2D eigenvalue weighted by molar-refractivity contribution is 6.22. The van der Waals surface area contributed by atoms with E-state index in [1.807, 2.05) is 73.3 Å². The lowest BCUT2D eigenvalue weighted by Crippen LogP contribution is -1.95. The average Bonchev–Trinajstić information content (AvgIpc) is 3.49. The molecule has 0 bridgehead atoms. The van der Waals surface area contributed by atoms with Crippen molar-refractivity contribution in [3.8, 4) is 50.7 Å². The van der Waals surface area contributed by atoms with E-state index in [0.29, 0.717) is 0 Å². The number of hydrogen-bond acceptors (Lipinski definition) is 5. The molecule has 6 nitrogen and oxygen atoms in total. The molecule has 9 aromatic rings. The molecule has 47 heavy (non-hydrogen) atoms. The van der Waals surface area contributed by atoms with Gasteiger partial charge in [-0.05, 0) is 83.2 Å². The van der Waals surface area contributed by atoms with Crippen molar-refractivity contribution >= 4 is 32.6 Å². The zero-order valence-electron chi connectivity index (χ0n) is 25.2. The number of pyridine rings is 5. The van der Waals surface area contributed by atoms with Gasteiger partial charge in [0.25, 0.3) is 0 Å². The van der Waals surface area contributed by atoms with E-state index in [-0.39, 0.29) is 0 Å². The summed E-state index contributed by atoms with van der Waals surface area (Å²) in [6, 6.07) is 41.8. The van der Waals surface area contributed by atoms with Crippen LogP contribution in [-0.4, -0.2) is 29.5 Å². The quantitative estimate of drug-likeness (QED) is 0.196. The molecule has 9 rings (SSSR count). The van der Waals surface area contributed by atoms with Gasteiger partial charge in [-0.2, -0.15) is 0 Å². The Kier molecular flexibility index (Phi) is 6.35. The molecule has 0 amide bonds. The van der Waals surface area contributed by atoms with Gasteiger partial charge < -0.3 is 4.57 Å². The van der Waals surface area contributed by atoms with Crippen LogP contribution in [-0.2, 0) is 0 Å². The minimum atomic E-state index is 0.847. The zero-order chi connectivity index (χ0) is 31.2.